The summed E-state index contributed by atoms with van der Waals surface area (Å²) >= 11 is 0. The summed E-state index contributed by atoms with van der Waals surface area (Å²) in [6.45, 7) is 9.37. The Morgan fingerprint density at radius 3 is 2.76 bits per heavy atom. The predicted octanol–water partition coefficient (Wildman–Crippen LogP) is 2.07. The molecule has 5 heteroatoms. The second-order valence-electron chi connectivity index (χ2n) is 6.82. The quantitative estimate of drug-likeness (QED) is 0.847. The van der Waals surface area contributed by atoms with Gasteiger partial charge in [-0.3, -0.25) is 9.58 Å². The Balaban J connectivity index is 1.76. The average molecular weight is 285 g/mol. The van der Waals surface area contributed by atoms with Crippen molar-refractivity contribution in [3.05, 3.63) is 41.2 Å². The van der Waals surface area contributed by atoms with Crippen molar-refractivity contribution in [2.75, 3.05) is 6.54 Å². The van der Waals surface area contributed by atoms with Gasteiger partial charge < -0.3 is 0 Å². The van der Waals surface area contributed by atoms with E-state index in [4.69, 9.17) is 4.98 Å². The fourth-order valence-corrected chi connectivity index (χ4v) is 2.66. The van der Waals surface area contributed by atoms with E-state index in [0.29, 0.717) is 0 Å². The van der Waals surface area contributed by atoms with Gasteiger partial charge in [0.15, 0.2) is 0 Å². The van der Waals surface area contributed by atoms with Crippen LogP contribution in [-0.4, -0.2) is 31.2 Å². The number of fused-ring (bicyclic) bond motifs is 1. The summed E-state index contributed by atoms with van der Waals surface area (Å²) in [6.07, 6.45) is 4.86. The van der Waals surface area contributed by atoms with E-state index in [2.05, 4.69) is 41.8 Å². The van der Waals surface area contributed by atoms with Crippen LogP contribution in [0.3, 0.4) is 0 Å². The first kappa shape index (κ1) is 14.2. The number of hydrogen-bond donors (Lipinski definition) is 0. The topological polar surface area (TPSA) is 46.8 Å². The van der Waals surface area contributed by atoms with Gasteiger partial charge in [0.1, 0.15) is 5.82 Å². The van der Waals surface area contributed by atoms with E-state index in [1.54, 1.807) is 0 Å². The first-order valence-corrected chi connectivity index (χ1v) is 7.48. The van der Waals surface area contributed by atoms with Crippen molar-refractivity contribution in [2.24, 2.45) is 7.05 Å². The molecule has 1 aliphatic rings. The molecule has 0 spiro atoms. The van der Waals surface area contributed by atoms with Gasteiger partial charge in [-0.05, 0) is 6.07 Å². The Kier molecular flexibility index (Phi) is 3.53. The molecule has 2 aromatic heterocycles. The first-order valence-electron chi connectivity index (χ1n) is 7.48. The van der Waals surface area contributed by atoms with Crippen LogP contribution in [0.1, 0.15) is 43.5 Å². The molecule has 0 saturated heterocycles. The third-order valence-electron chi connectivity index (χ3n) is 3.99. The molecule has 2 aromatic rings. The van der Waals surface area contributed by atoms with Crippen molar-refractivity contribution < 1.29 is 0 Å². The fraction of sp³-hybridized carbons (Fsp3) is 0.562. The largest absolute Gasteiger partial charge is 0.293 e. The summed E-state index contributed by atoms with van der Waals surface area (Å²) in [6, 6.07) is 2.08. The molecule has 0 unspecified atom stereocenters. The SMILES string of the molecule is Cn1nccc1CN1CCc2nc(C(C)(C)C)ncc2C1. The highest BCUT2D eigenvalue weighted by molar-refractivity contribution is 5.22. The van der Waals surface area contributed by atoms with Crippen LogP contribution < -0.4 is 0 Å². The maximum Gasteiger partial charge on any atom is 0.133 e. The van der Waals surface area contributed by atoms with Crippen molar-refractivity contribution in [1.82, 2.24) is 24.6 Å². The normalized spacial score (nSPS) is 16.0. The molecule has 3 rings (SSSR count). The summed E-state index contributed by atoms with van der Waals surface area (Å²) in [5, 5.41) is 4.23. The molecule has 1 aliphatic heterocycles. The van der Waals surface area contributed by atoms with E-state index in [0.717, 1.165) is 31.9 Å². The third kappa shape index (κ3) is 2.97. The monoisotopic (exact) mass is 285 g/mol. The number of nitrogens with zero attached hydrogens (tertiary/aromatic N) is 5. The molecular formula is C16H23N5. The second-order valence-corrected chi connectivity index (χ2v) is 6.82. The molecule has 0 fully saturated rings. The minimum atomic E-state index is 0.0148. The Bertz CT molecular complexity index is 638. The molecule has 0 radical (unpaired) electrons. The molecule has 0 aliphatic carbocycles. The van der Waals surface area contributed by atoms with Crippen LogP contribution in [0.15, 0.2) is 18.5 Å². The highest BCUT2D eigenvalue weighted by Crippen LogP contribution is 2.23. The number of hydrogen-bond acceptors (Lipinski definition) is 4. The van der Waals surface area contributed by atoms with E-state index >= 15 is 0 Å². The van der Waals surface area contributed by atoms with Crippen molar-refractivity contribution in [3.8, 4) is 0 Å². The molecule has 112 valence electrons. The molecular weight excluding hydrogens is 262 g/mol. The zero-order chi connectivity index (χ0) is 15.0. The molecule has 0 saturated carbocycles. The minimum absolute atomic E-state index is 0.0148. The van der Waals surface area contributed by atoms with Crippen molar-refractivity contribution in [3.63, 3.8) is 0 Å². The van der Waals surface area contributed by atoms with E-state index in [9.17, 15) is 0 Å². The zero-order valence-electron chi connectivity index (χ0n) is 13.3. The maximum atomic E-state index is 4.78. The van der Waals surface area contributed by atoms with E-state index < -0.39 is 0 Å². The lowest BCUT2D eigenvalue weighted by Crippen LogP contribution is -2.32. The zero-order valence-corrected chi connectivity index (χ0v) is 13.3. The van der Waals surface area contributed by atoms with Crippen molar-refractivity contribution in [1.29, 1.82) is 0 Å². The van der Waals surface area contributed by atoms with Gasteiger partial charge in [-0.2, -0.15) is 5.10 Å². The first-order chi connectivity index (χ1) is 9.93. The van der Waals surface area contributed by atoms with Crippen LogP contribution in [0.25, 0.3) is 0 Å². The Hall–Kier alpha value is -1.75. The molecule has 0 N–H and O–H groups in total. The highest BCUT2D eigenvalue weighted by Gasteiger charge is 2.23. The molecule has 3 heterocycles. The third-order valence-corrected chi connectivity index (χ3v) is 3.99. The van der Waals surface area contributed by atoms with Gasteiger partial charge in [0, 0.05) is 62.2 Å². The van der Waals surface area contributed by atoms with Gasteiger partial charge >= 0.3 is 0 Å². The minimum Gasteiger partial charge on any atom is -0.293 e. The predicted molar refractivity (Wildman–Crippen MR) is 81.8 cm³/mol. The highest BCUT2D eigenvalue weighted by atomic mass is 15.3. The van der Waals surface area contributed by atoms with Crippen LogP contribution in [0, 0.1) is 0 Å². The number of aryl methyl sites for hydroxylation is 1. The fourth-order valence-electron chi connectivity index (χ4n) is 2.66. The number of aromatic nitrogens is 4. The van der Waals surface area contributed by atoms with E-state index in [1.807, 2.05) is 24.1 Å². The van der Waals surface area contributed by atoms with Crippen molar-refractivity contribution in [2.45, 2.75) is 45.7 Å². The molecule has 0 amide bonds. The van der Waals surface area contributed by atoms with Gasteiger partial charge in [0.25, 0.3) is 0 Å². The van der Waals surface area contributed by atoms with Crippen molar-refractivity contribution >= 4 is 0 Å². The summed E-state index contributed by atoms with van der Waals surface area (Å²) in [4.78, 5) is 11.8. The summed E-state index contributed by atoms with van der Waals surface area (Å²) in [5.74, 6) is 0.946. The van der Waals surface area contributed by atoms with Gasteiger partial charge in [0.05, 0.1) is 5.69 Å². The lowest BCUT2D eigenvalue weighted by Gasteiger charge is -2.29. The van der Waals surface area contributed by atoms with Gasteiger partial charge in [-0.1, -0.05) is 20.8 Å². The van der Waals surface area contributed by atoms with Crippen LogP contribution >= 0.6 is 0 Å². The van der Waals surface area contributed by atoms with E-state index in [-0.39, 0.29) is 5.41 Å². The molecule has 21 heavy (non-hydrogen) atoms. The van der Waals surface area contributed by atoms with Crippen LogP contribution in [0.4, 0.5) is 0 Å². The Labute approximate surface area is 126 Å². The number of rotatable bonds is 2. The van der Waals surface area contributed by atoms with Crippen LogP contribution in [0.5, 0.6) is 0 Å². The van der Waals surface area contributed by atoms with Crippen LogP contribution in [-0.2, 0) is 32.0 Å². The average Bonchev–Trinajstić information content (AvgIpc) is 2.82. The summed E-state index contributed by atoms with van der Waals surface area (Å²) in [5.41, 5.74) is 3.74. The van der Waals surface area contributed by atoms with Gasteiger partial charge in [0.2, 0.25) is 0 Å². The summed E-state index contributed by atoms with van der Waals surface area (Å²) in [7, 11) is 1.99. The smallest absolute Gasteiger partial charge is 0.133 e. The molecule has 5 nitrogen and oxygen atoms in total. The summed E-state index contributed by atoms with van der Waals surface area (Å²) < 4.78 is 1.94. The molecule has 0 bridgehead atoms. The van der Waals surface area contributed by atoms with Gasteiger partial charge in [-0.25, -0.2) is 9.97 Å². The van der Waals surface area contributed by atoms with E-state index in [1.165, 1.54) is 17.0 Å². The Morgan fingerprint density at radius 1 is 1.29 bits per heavy atom. The van der Waals surface area contributed by atoms with Crippen LogP contribution in [0.2, 0.25) is 0 Å². The Morgan fingerprint density at radius 2 is 2.10 bits per heavy atom. The second kappa shape index (κ2) is 5.22. The molecule has 0 atom stereocenters. The van der Waals surface area contributed by atoms with Gasteiger partial charge in [-0.15, -0.1) is 0 Å². The lowest BCUT2D eigenvalue weighted by molar-refractivity contribution is 0.236. The maximum absolute atomic E-state index is 4.78. The lowest BCUT2D eigenvalue weighted by atomic mass is 9.95. The standard InChI is InChI=1S/C16H23N5/c1-16(2,3)15-17-9-12-10-21(8-6-14(12)19-15)11-13-5-7-18-20(13)4/h5,7,9H,6,8,10-11H2,1-4H3. The molecule has 0 aromatic carbocycles.